The number of amides is 1. The molecule has 0 unspecified atom stereocenters. The Morgan fingerprint density at radius 2 is 1.68 bits per heavy atom. The molecule has 0 atom stereocenters. The number of aryl methyl sites for hydroxylation is 1. The van der Waals surface area contributed by atoms with Crippen LogP contribution in [0, 0.1) is 17.0 Å². The lowest BCUT2D eigenvalue weighted by molar-refractivity contribution is -0.384. The smallest absolute Gasteiger partial charge is 0.269 e. The molecule has 9 nitrogen and oxygen atoms in total. The van der Waals surface area contributed by atoms with Crippen LogP contribution in [0.2, 0.25) is 0 Å². The number of non-ortho nitro benzene ring substituents is 1. The van der Waals surface area contributed by atoms with E-state index < -0.39 is 14.9 Å². The summed E-state index contributed by atoms with van der Waals surface area (Å²) in [4.78, 5) is 24.5. The number of nitro groups is 1. The third-order valence-electron chi connectivity index (χ3n) is 4.82. The third kappa shape index (κ3) is 3.80. The lowest BCUT2D eigenvalue weighted by atomic mass is 10.1. The number of benzene rings is 3. The highest BCUT2D eigenvalue weighted by molar-refractivity contribution is 7.92. The van der Waals surface area contributed by atoms with E-state index in [1.165, 1.54) is 23.1 Å². The summed E-state index contributed by atoms with van der Waals surface area (Å²) in [5, 5.41) is 10.8. The first-order valence-corrected chi connectivity index (χ1v) is 10.6. The summed E-state index contributed by atoms with van der Waals surface area (Å²) in [6, 6.07) is 14.4. The molecular formula is C21H17N3O6S. The van der Waals surface area contributed by atoms with Gasteiger partial charge in [0.15, 0.2) is 5.75 Å². The van der Waals surface area contributed by atoms with Crippen molar-refractivity contribution in [2.24, 2.45) is 0 Å². The van der Waals surface area contributed by atoms with Gasteiger partial charge < -0.3 is 9.64 Å². The van der Waals surface area contributed by atoms with E-state index in [1.807, 2.05) is 19.1 Å². The lowest BCUT2D eigenvalue weighted by Gasteiger charge is -2.17. The van der Waals surface area contributed by atoms with Gasteiger partial charge in [-0.05, 0) is 55.0 Å². The Kier molecular flexibility index (Phi) is 4.86. The van der Waals surface area contributed by atoms with Gasteiger partial charge in [0.05, 0.1) is 21.1 Å². The van der Waals surface area contributed by atoms with Gasteiger partial charge in [0.2, 0.25) is 0 Å². The summed E-state index contributed by atoms with van der Waals surface area (Å²) in [6.07, 6.45) is 0. The van der Waals surface area contributed by atoms with Crippen molar-refractivity contribution in [2.45, 2.75) is 11.8 Å². The van der Waals surface area contributed by atoms with Crippen LogP contribution in [0.15, 0.2) is 65.6 Å². The molecule has 1 amide bonds. The Morgan fingerprint density at radius 1 is 1.00 bits per heavy atom. The maximum atomic E-state index is 13.0. The fourth-order valence-electron chi connectivity index (χ4n) is 3.20. The van der Waals surface area contributed by atoms with E-state index in [9.17, 15) is 23.3 Å². The van der Waals surface area contributed by atoms with Crippen LogP contribution in [-0.4, -0.2) is 26.3 Å². The average molecular weight is 439 g/mol. The van der Waals surface area contributed by atoms with E-state index in [2.05, 4.69) is 4.72 Å². The first-order chi connectivity index (χ1) is 14.7. The van der Waals surface area contributed by atoms with Crippen LogP contribution in [0.25, 0.3) is 0 Å². The van der Waals surface area contributed by atoms with Crippen molar-refractivity contribution in [2.75, 3.05) is 16.7 Å². The number of carbonyl (C=O) groups excluding carboxylic acids is 1. The molecule has 0 bridgehead atoms. The van der Waals surface area contributed by atoms with Crippen molar-refractivity contribution in [1.82, 2.24) is 0 Å². The molecule has 0 saturated carbocycles. The number of carbonyl (C=O) groups is 1. The number of anilines is 2. The molecule has 10 heteroatoms. The molecular weight excluding hydrogens is 422 g/mol. The minimum absolute atomic E-state index is 0.143. The van der Waals surface area contributed by atoms with Crippen molar-refractivity contribution in [3.05, 3.63) is 81.9 Å². The predicted octanol–water partition coefficient (Wildman–Crippen LogP) is 4.09. The maximum Gasteiger partial charge on any atom is 0.269 e. The second-order valence-electron chi connectivity index (χ2n) is 7.00. The summed E-state index contributed by atoms with van der Waals surface area (Å²) in [5.74, 6) is 0.466. The number of nitrogens with zero attached hydrogens (tertiary/aromatic N) is 2. The summed E-state index contributed by atoms with van der Waals surface area (Å²) in [7, 11) is -2.40. The summed E-state index contributed by atoms with van der Waals surface area (Å²) in [5.41, 5.74) is 1.70. The summed E-state index contributed by atoms with van der Waals surface area (Å²) < 4.78 is 33.6. The van der Waals surface area contributed by atoms with Gasteiger partial charge in [-0.15, -0.1) is 0 Å². The summed E-state index contributed by atoms with van der Waals surface area (Å²) in [6.45, 7) is 1.90. The second kappa shape index (κ2) is 7.40. The first kappa shape index (κ1) is 20.4. The topological polar surface area (TPSA) is 119 Å². The van der Waals surface area contributed by atoms with Crippen molar-refractivity contribution >= 4 is 33.0 Å². The molecule has 31 heavy (non-hydrogen) atoms. The number of nitro benzene ring substituents is 1. The molecule has 1 aliphatic heterocycles. The van der Waals surface area contributed by atoms with Crippen LogP contribution in [0.1, 0.15) is 15.9 Å². The molecule has 3 aromatic carbocycles. The van der Waals surface area contributed by atoms with E-state index in [4.69, 9.17) is 4.74 Å². The second-order valence-corrected chi connectivity index (χ2v) is 8.69. The van der Waals surface area contributed by atoms with Crippen molar-refractivity contribution in [3.8, 4) is 11.5 Å². The fraction of sp³-hybridized carbons (Fsp3) is 0.0952. The van der Waals surface area contributed by atoms with Crippen LogP contribution in [-0.2, 0) is 10.0 Å². The van der Waals surface area contributed by atoms with Crippen LogP contribution in [0.4, 0.5) is 17.1 Å². The standard InChI is InChI=1S/C21H17N3O6S/c1-13-3-9-20-18(11-13)23(2)21(25)17-12-14(4-10-19(17)30-20)22-31(28,29)16-7-5-15(6-8-16)24(26)27/h3-12,22H,1-2H3. The van der Waals surface area contributed by atoms with E-state index in [0.717, 1.165) is 29.8 Å². The Balaban J connectivity index is 1.67. The van der Waals surface area contributed by atoms with Gasteiger partial charge in [0.25, 0.3) is 21.6 Å². The SMILES string of the molecule is Cc1ccc2c(c1)N(C)C(=O)c1cc(NS(=O)(=O)c3ccc([N+](=O)[O-])cc3)ccc1O2. The zero-order chi connectivity index (χ0) is 22.3. The molecule has 158 valence electrons. The zero-order valence-corrected chi connectivity index (χ0v) is 17.3. The van der Waals surface area contributed by atoms with Gasteiger partial charge in [-0.3, -0.25) is 19.6 Å². The molecule has 0 fully saturated rings. The fourth-order valence-corrected chi connectivity index (χ4v) is 4.24. The molecule has 1 heterocycles. The van der Waals surface area contributed by atoms with E-state index in [-0.39, 0.29) is 27.7 Å². The number of ether oxygens (including phenoxy) is 1. The zero-order valence-electron chi connectivity index (χ0n) is 16.5. The molecule has 1 aliphatic rings. The molecule has 0 saturated heterocycles. The largest absolute Gasteiger partial charge is 0.454 e. The Labute approximate surface area is 178 Å². The Bertz CT molecular complexity index is 1320. The molecule has 0 aliphatic carbocycles. The predicted molar refractivity (Wildman–Crippen MR) is 114 cm³/mol. The van der Waals surface area contributed by atoms with Gasteiger partial charge in [-0.25, -0.2) is 8.42 Å². The number of rotatable bonds is 4. The third-order valence-corrected chi connectivity index (χ3v) is 6.22. The van der Waals surface area contributed by atoms with Crippen LogP contribution < -0.4 is 14.4 Å². The Hall–Kier alpha value is -3.92. The monoisotopic (exact) mass is 439 g/mol. The van der Waals surface area contributed by atoms with E-state index >= 15 is 0 Å². The maximum absolute atomic E-state index is 13.0. The first-order valence-electron chi connectivity index (χ1n) is 9.13. The minimum Gasteiger partial charge on any atom is -0.454 e. The highest BCUT2D eigenvalue weighted by Crippen LogP contribution is 2.39. The number of sulfonamides is 1. The van der Waals surface area contributed by atoms with Gasteiger partial charge in [-0.2, -0.15) is 0 Å². The van der Waals surface area contributed by atoms with Crippen LogP contribution in [0.3, 0.4) is 0 Å². The molecule has 0 aromatic heterocycles. The van der Waals surface area contributed by atoms with Gasteiger partial charge >= 0.3 is 0 Å². The average Bonchev–Trinajstić information content (AvgIpc) is 2.83. The van der Waals surface area contributed by atoms with Gasteiger partial charge in [0.1, 0.15) is 5.75 Å². The molecule has 0 radical (unpaired) electrons. The lowest BCUT2D eigenvalue weighted by Crippen LogP contribution is -2.25. The highest BCUT2D eigenvalue weighted by atomic mass is 32.2. The highest BCUT2D eigenvalue weighted by Gasteiger charge is 2.27. The van der Waals surface area contributed by atoms with Crippen LogP contribution in [0.5, 0.6) is 11.5 Å². The van der Waals surface area contributed by atoms with E-state index in [0.29, 0.717) is 17.2 Å². The van der Waals surface area contributed by atoms with Crippen molar-refractivity contribution in [3.63, 3.8) is 0 Å². The van der Waals surface area contributed by atoms with E-state index in [1.54, 1.807) is 13.1 Å². The van der Waals surface area contributed by atoms with Crippen molar-refractivity contribution in [1.29, 1.82) is 0 Å². The quantitative estimate of drug-likeness (QED) is 0.483. The molecule has 0 spiro atoms. The van der Waals surface area contributed by atoms with Crippen molar-refractivity contribution < 1.29 is 22.9 Å². The number of hydrogen-bond donors (Lipinski definition) is 1. The number of hydrogen-bond acceptors (Lipinski definition) is 6. The molecule has 3 aromatic rings. The minimum atomic E-state index is -4.02. The van der Waals surface area contributed by atoms with Gasteiger partial charge in [-0.1, -0.05) is 6.07 Å². The van der Waals surface area contributed by atoms with Gasteiger partial charge in [0, 0.05) is 24.9 Å². The Morgan fingerprint density at radius 3 is 2.35 bits per heavy atom. The number of nitrogens with one attached hydrogen (secondary N) is 1. The molecule has 4 rings (SSSR count). The summed E-state index contributed by atoms with van der Waals surface area (Å²) >= 11 is 0. The molecule has 1 N–H and O–H groups in total. The number of fused-ring (bicyclic) bond motifs is 2. The van der Waals surface area contributed by atoms with Crippen LogP contribution >= 0.6 is 0 Å². The normalized spacial score (nSPS) is 13.0.